The van der Waals surface area contributed by atoms with Crippen LogP contribution in [0.3, 0.4) is 0 Å². The fourth-order valence-corrected chi connectivity index (χ4v) is 4.23. The summed E-state index contributed by atoms with van der Waals surface area (Å²) in [5, 5.41) is 9.94. The van der Waals surface area contributed by atoms with Gasteiger partial charge >= 0.3 is 6.03 Å². The molecule has 3 heterocycles. The number of nitrogens with zero attached hydrogens (tertiary/aromatic N) is 5. The Balaban J connectivity index is 1.59. The number of urea groups is 1. The molecule has 9 heteroatoms. The number of hydrogen-bond donors (Lipinski definition) is 1. The van der Waals surface area contributed by atoms with Crippen molar-refractivity contribution in [2.24, 2.45) is 5.10 Å². The number of imide groups is 1. The number of aryl methyl sites for hydroxylation is 1. The van der Waals surface area contributed by atoms with E-state index >= 15 is 0 Å². The van der Waals surface area contributed by atoms with Gasteiger partial charge in [-0.2, -0.15) is 5.10 Å². The first-order valence-electron chi connectivity index (χ1n) is 9.86. The minimum Gasteiger partial charge on any atom is -0.383 e. The van der Waals surface area contributed by atoms with Crippen LogP contribution >= 0.6 is 0 Å². The smallest absolute Gasteiger partial charge is 0.328 e. The second-order valence-corrected chi connectivity index (χ2v) is 7.90. The SMILES string of the molecule is COCCN1N=C(C)CN2C3C(=O)N(Cc4ccc(C)cc4)C(=O)N(C)C3NC12. The van der Waals surface area contributed by atoms with Crippen LogP contribution in [-0.2, 0) is 16.1 Å². The highest BCUT2D eigenvalue weighted by molar-refractivity contribution is 6.01. The van der Waals surface area contributed by atoms with Crippen molar-refractivity contribution in [3.8, 4) is 0 Å². The van der Waals surface area contributed by atoms with Crippen LogP contribution < -0.4 is 5.32 Å². The number of ether oxygens (including phenoxy) is 1. The van der Waals surface area contributed by atoms with Gasteiger partial charge in [0.05, 0.1) is 19.7 Å². The fraction of sp³-hybridized carbons (Fsp3) is 0.550. The number of likely N-dealkylation sites (N-methyl/N-ethyl adjacent to an activating group) is 1. The van der Waals surface area contributed by atoms with Gasteiger partial charge in [-0.3, -0.25) is 20.0 Å². The number of fused-ring (bicyclic) bond motifs is 3. The van der Waals surface area contributed by atoms with Crippen molar-refractivity contribution in [2.75, 3.05) is 33.9 Å². The highest BCUT2D eigenvalue weighted by Gasteiger charge is 2.56. The second kappa shape index (κ2) is 7.74. The lowest BCUT2D eigenvalue weighted by Gasteiger charge is -2.42. The van der Waals surface area contributed by atoms with E-state index in [9.17, 15) is 9.59 Å². The summed E-state index contributed by atoms with van der Waals surface area (Å²) in [6, 6.07) is 7.16. The Bertz CT molecular complexity index is 826. The standard InChI is InChI=1S/C20H28N6O3/c1-13-5-7-15(8-6-13)12-25-18(27)16-17(23(3)20(25)28)21-19-24(16)11-14(2)22-26(19)9-10-29-4/h5-8,16-17,19,21H,9-12H2,1-4H3. The van der Waals surface area contributed by atoms with E-state index in [4.69, 9.17) is 4.74 Å². The zero-order valence-electron chi connectivity index (χ0n) is 17.3. The van der Waals surface area contributed by atoms with E-state index in [1.165, 1.54) is 4.90 Å². The van der Waals surface area contributed by atoms with Gasteiger partial charge in [0.1, 0.15) is 12.2 Å². The summed E-state index contributed by atoms with van der Waals surface area (Å²) in [7, 11) is 3.40. The lowest BCUT2D eigenvalue weighted by molar-refractivity contribution is -0.139. The third-order valence-corrected chi connectivity index (χ3v) is 5.74. The Labute approximate surface area is 170 Å². The Hall–Kier alpha value is -2.49. The monoisotopic (exact) mass is 400 g/mol. The van der Waals surface area contributed by atoms with Crippen LogP contribution in [0, 0.1) is 6.92 Å². The summed E-state index contributed by atoms with van der Waals surface area (Å²) < 4.78 is 5.20. The van der Waals surface area contributed by atoms with Gasteiger partial charge in [0.25, 0.3) is 5.91 Å². The average Bonchev–Trinajstić information content (AvgIpc) is 3.08. The van der Waals surface area contributed by atoms with E-state index in [1.807, 2.05) is 43.1 Å². The van der Waals surface area contributed by atoms with Crippen LogP contribution in [0.25, 0.3) is 0 Å². The largest absolute Gasteiger partial charge is 0.383 e. The maximum Gasteiger partial charge on any atom is 0.328 e. The molecular weight excluding hydrogens is 372 g/mol. The molecule has 1 aromatic carbocycles. The maximum absolute atomic E-state index is 13.4. The number of methoxy groups -OCH3 is 1. The number of benzene rings is 1. The molecule has 0 saturated carbocycles. The first-order chi connectivity index (χ1) is 13.9. The van der Waals surface area contributed by atoms with Gasteiger partial charge in [-0.15, -0.1) is 0 Å². The molecule has 3 aliphatic rings. The molecule has 0 spiro atoms. The summed E-state index contributed by atoms with van der Waals surface area (Å²) in [5.74, 6) is -0.171. The summed E-state index contributed by atoms with van der Waals surface area (Å²) >= 11 is 0. The van der Waals surface area contributed by atoms with Crippen LogP contribution in [0.4, 0.5) is 4.79 Å². The van der Waals surface area contributed by atoms with Gasteiger partial charge in [0.15, 0.2) is 6.29 Å². The van der Waals surface area contributed by atoms with Crippen molar-refractivity contribution >= 4 is 17.6 Å². The first-order valence-corrected chi connectivity index (χ1v) is 9.86. The Morgan fingerprint density at radius 3 is 2.62 bits per heavy atom. The molecule has 0 aromatic heterocycles. The molecule has 1 aromatic rings. The van der Waals surface area contributed by atoms with Gasteiger partial charge in [-0.1, -0.05) is 29.8 Å². The van der Waals surface area contributed by atoms with Gasteiger partial charge in [0.2, 0.25) is 0 Å². The van der Waals surface area contributed by atoms with Crippen molar-refractivity contribution in [3.63, 3.8) is 0 Å². The zero-order valence-corrected chi connectivity index (χ0v) is 17.3. The van der Waals surface area contributed by atoms with Crippen LogP contribution in [0.5, 0.6) is 0 Å². The number of carbonyl (C=O) groups excluding carboxylic acids is 2. The molecule has 0 aliphatic carbocycles. The molecular formula is C20H28N6O3. The summed E-state index contributed by atoms with van der Waals surface area (Å²) in [4.78, 5) is 31.5. The lowest BCUT2D eigenvalue weighted by atomic mass is 10.1. The quantitative estimate of drug-likeness (QED) is 0.780. The van der Waals surface area contributed by atoms with Crippen LogP contribution in [0.15, 0.2) is 29.4 Å². The molecule has 156 valence electrons. The van der Waals surface area contributed by atoms with Crippen LogP contribution in [-0.4, -0.2) is 89.7 Å². The number of hydrogen-bond acceptors (Lipinski definition) is 7. The molecule has 0 radical (unpaired) electrons. The predicted octanol–water partition coefficient (Wildman–Crippen LogP) is 0.610. The lowest BCUT2D eigenvalue weighted by Crippen LogP contribution is -2.66. The average molecular weight is 400 g/mol. The van der Waals surface area contributed by atoms with Gasteiger partial charge in [-0.25, -0.2) is 9.69 Å². The van der Waals surface area contributed by atoms with Gasteiger partial charge < -0.3 is 9.64 Å². The summed E-state index contributed by atoms with van der Waals surface area (Å²) in [5.41, 5.74) is 3.01. The van der Waals surface area contributed by atoms with Crippen LogP contribution in [0.2, 0.25) is 0 Å². The molecule has 3 atom stereocenters. The predicted molar refractivity (Wildman–Crippen MR) is 108 cm³/mol. The molecule has 2 saturated heterocycles. The van der Waals surface area contributed by atoms with E-state index in [1.54, 1.807) is 19.1 Å². The van der Waals surface area contributed by atoms with E-state index in [0.717, 1.165) is 16.8 Å². The molecule has 3 amide bonds. The molecule has 3 unspecified atom stereocenters. The Morgan fingerprint density at radius 2 is 1.93 bits per heavy atom. The normalized spacial score (nSPS) is 27.2. The first kappa shape index (κ1) is 19.8. The van der Waals surface area contributed by atoms with E-state index in [2.05, 4.69) is 15.3 Å². The maximum atomic E-state index is 13.4. The highest BCUT2D eigenvalue weighted by atomic mass is 16.5. The van der Waals surface area contributed by atoms with Crippen LogP contribution in [0.1, 0.15) is 18.1 Å². The van der Waals surface area contributed by atoms with Gasteiger partial charge in [0, 0.05) is 26.4 Å². The summed E-state index contributed by atoms with van der Waals surface area (Å²) in [6.07, 6.45) is -0.636. The zero-order chi connectivity index (χ0) is 20.7. The van der Waals surface area contributed by atoms with Crippen molar-refractivity contribution in [1.82, 2.24) is 25.0 Å². The minimum absolute atomic E-state index is 0.171. The topological polar surface area (TPSA) is 80.7 Å². The number of carbonyl (C=O) groups is 2. The third kappa shape index (κ3) is 3.50. The number of amides is 3. The number of nitrogens with one attached hydrogen (secondary N) is 1. The molecule has 29 heavy (non-hydrogen) atoms. The van der Waals surface area contributed by atoms with E-state index in [0.29, 0.717) is 19.7 Å². The Morgan fingerprint density at radius 1 is 1.21 bits per heavy atom. The van der Waals surface area contributed by atoms with Crippen molar-refractivity contribution < 1.29 is 14.3 Å². The molecule has 3 aliphatic heterocycles. The minimum atomic E-state index is -0.455. The number of rotatable bonds is 5. The second-order valence-electron chi connectivity index (χ2n) is 7.90. The number of hydrazone groups is 1. The molecule has 2 fully saturated rings. The summed E-state index contributed by atoms with van der Waals surface area (Å²) in [6.45, 7) is 5.94. The van der Waals surface area contributed by atoms with E-state index in [-0.39, 0.29) is 30.9 Å². The van der Waals surface area contributed by atoms with Crippen molar-refractivity contribution in [2.45, 2.75) is 38.9 Å². The molecule has 0 bridgehead atoms. The van der Waals surface area contributed by atoms with Crippen molar-refractivity contribution in [1.29, 1.82) is 0 Å². The molecule has 4 rings (SSSR count). The third-order valence-electron chi connectivity index (χ3n) is 5.74. The Kier molecular flexibility index (Phi) is 5.28. The molecule has 9 nitrogen and oxygen atoms in total. The van der Waals surface area contributed by atoms with E-state index < -0.39 is 6.04 Å². The fourth-order valence-electron chi connectivity index (χ4n) is 4.23. The molecule has 1 N–H and O–H groups in total. The van der Waals surface area contributed by atoms with Crippen molar-refractivity contribution in [3.05, 3.63) is 35.4 Å². The van der Waals surface area contributed by atoms with Gasteiger partial charge in [-0.05, 0) is 19.4 Å². The highest BCUT2D eigenvalue weighted by Crippen LogP contribution is 2.30.